The highest BCUT2D eigenvalue weighted by molar-refractivity contribution is 5.76. The molecule has 0 spiro atoms. The van der Waals surface area contributed by atoms with Crippen LogP contribution in [-0.4, -0.2) is 24.3 Å². The van der Waals surface area contributed by atoms with Crippen LogP contribution in [-0.2, 0) is 9.53 Å². The molecule has 0 heterocycles. The monoisotopic (exact) mass is 236 g/mol. The molecule has 0 bridgehead atoms. The first-order valence-electron chi connectivity index (χ1n) is 6.02. The van der Waals surface area contributed by atoms with Gasteiger partial charge >= 0.3 is 5.97 Å². The first-order chi connectivity index (χ1) is 8.15. The predicted molar refractivity (Wildman–Crippen MR) is 67.3 cm³/mol. The molecular weight excluding hydrogens is 216 g/mol. The molecule has 1 rings (SSSR count). The van der Waals surface area contributed by atoms with Gasteiger partial charge < -0.3 is 9.84 Å². The average Bonchev–Trinajstić information content (AvgIpc) is 2.28. The van der Waals surface area contributed by atoms with E-state index in [1.165, 1.54) is 0 Å². The van der Waals surface area contributed by atoms with Crippen LogP contribution in [0.25, 0.3) is 0 Å². The Kier molecular flexibility index (Phi) is 5.70. The van der Waals surface area contributed by atoms with Crippen molar-refractivity contribution in [1.29, 1.82) is 0 Å². The van der Waals surface area contributed by atoms with E-state index in [1.54, 1.807) is 0 Å². The molecule has 1 N–H and O–H groups in total. The Morgan fingerprint density at radius 1 is 1.41 bits per heavy atom. The Labute approximate surface area is 102 Å². The summed E-state index contributed by atoms with van der Waals surface area (Å²) in [6.45, 7) is 5.20. The van der Waals surface area contributed by atoms with Crippen molar-refractivity contribution >= 4 is 5.97 Å². The molecule has 0 aromatic heterocycles. The van der Waals surface area contributed by atoms with Crippen LogP contribution in [0.15, 0.2) is 24.3 Å². The van der Waals surface area contributed by atoms with Crippen LogP contribution in [0.4, 0.5) is 0 Å². The van der Waals surface area contributed by atoms with Crippen molar-refractivity contribution in [1.82, 2.24) is 0 Å². The lowest BCUT2D eigenvalue weighted by Crippen LogP contribution is -2.14. The van der Waals surface area contributed by atoms with Crippen LogP contribution in [0.3, 0.4) is 0 Å². The first kappa shape index (κ1) is 13.7. The number of hydrogen-bond acceptors (Lipinski definition) is 2. The third kappa shape index (κ3) is 4.57. The number of aliphatic carboxylic acids is 1. The molecule has 3 nitrogen and oxygen atoms in total. The summed E-state index contributed by atoms with van der Waals surface area (Å²) in [4.78, 5) is 11.2. The molecular formula is C14H20O3. The van der Waals surface area contributed by atoms with Crippen LogP contribution in [0.1, 0.15) is 36.8 Å². The molecule has 0 aliphatic heterocycles. The van der Waals surface area contributed by atoms with Gasteiger partial charge in [-0.2, -0.15) is 0 Å². The van der Waals surface area contributed by atoms with E-state index in [-0.39, 0.29) is 0 Å². The number of rotatable bonds is 7. The van der Waals surface area contributed by atoms with Gasteiger partial charge in [0, 0.05) is 13.2 Å². The van der Waals surface area contributed by atoms with Crippen LogP contribution in [0.2, 0.25) is 0 Å². The molecule has 94 valence electrons. The number of ether oxygens (including phenoxy) is 1. The second kappa shape index (κ2) is 7.07. The predicted octanol–water partition coefficient (Wildman–Crippen LogP) is 2.98. The van der Waals surface area contributed by atoms with Crippen molar-refractivity contribution in [3.05, 3.63) is 35.4 Å². The molecule has 0 radical (unpaired) electrons. The van der Waals surface area contributed by atoms with Gasteiger partial charge in [0.2, 0.25) is 0 Å². The topological polar surface area (TPSA) is 46.5 Å². The third-order valence-electron chi connectivity index (χ3n) is 2.64. The Morgan fingerprint density at radius 3 is 2.76 bits per heavy atom. The van der Waals surface area contributed by atoms with Crippen molar-refractivity contribution in [2.24, 2.45) is 0 Å². The maximum absolute atomic E-state index is 11.2. The fraction of sp³-hybridized carbons (Fsp3) is 0.500. The fourth-order valence-electron chi connectivity index (χ4n) is 1.77. The van der Waals surface area contributed by atoms with E-state index < -0.39 is 11.9 Å². The van der Waals surface area contributed by atoms with Gasteiger partial charge in [0.1, 0.15) is 0 Å². The summed E-state index contributed by atoms with van der Waals surface area (Å²) in [5.74, 6) is -1.25. The summed E-state index contributed by atoms with van der Waals surface area (Å²) in [5.41, 5.74) is 1.95. The van der Waals surface area contributed by atoms with E-state index in [0.29, 0.717) is 19.6 Å². The molecule has 0 aliphatic carbocycles. The molecule has 1 aromatic carbocycles. The number of carboxylic acid groups (broad SMARTS) is 1. The van der Waals surface area contributed by atoms with Gasteiger partial charge in [-0.25, -0.2) is 0 Å². The number of carbonyl (C=O) groups is 1. The van der Waals surface area contributed by atoms with Gasteiger partial charge in [-0.05, 0) is 25.3 Å². The smallest absolute Gasteiger partial charge is 0.311 e. The highest BCUT2D eigenvalue weighted by Gasteiger charge is 2.19. The van der Waals surface area contributed by atoms with E-state index in [1.807, 2.05) is 38.1 Å². The van der Waals surface area contributed by atoms with Gasteiger partial charge in [-0.15, -0.1) is 0 Å². The SMILES string of the molecule is CCCOCCC(C(=O)O)c1cccc(C)c1. The molecule has 0 saturated carbocycles. The lowest BCUT2D eigenvalue weighted by Gasteiger charge is -2.13. The van der Waals surface area contributed by atoms with E-state index in [9.17, 15) is 9.90 Å². The van der Waals surface area contributed by atoms with Gasteiger partial charge in [0.05, 0.1) is 5.92 Å². The normalized spacial score (nSPS) is 12.4. The largest absolute Gasteiger partial charge is 0.481 e. The molecule has 1 unspecified atom stereocenters. The Balaban J connectivity index is 2.63. The zero-order chi connectivity index (χ0) is 12.7. The van der Waals surface area contributed by atoms with Crippen molar-refractivity contribution in [3.63, 3.8) is 0 Å². The van der Waals surface area contributed by atoms with Gasteiger partial charge in [-0.3, -0.25) is 4.79 Å². The van der Waals surface area contributed by atoms with Crippen molar-refractivity contribution in [2.75, 3.05) is 13.2 Å². The van der Waals surface area contributed by atoms with E-state index >= 15 is 0 Å². The molecule has 1 aromatic rings. The Hall–Kier alpha value is -1.35. The zero-order valence-corrected chi connectivity index (χ0v) is 10.5. The number of hydrogen-bond donors (Lipinski definition) is 1. The highest BCUT2D eigenvalue weighted by Crippen LogP contribution is 2.21. The van der Waals surface area contributed by atoms with Crippen LogP contribution < -0.4 is 0 Å². The van der Waals surface area contributed by atoms with E-state index in [0.717, 1.165) is 17.5 Å². The molecule has 17 heavy (non-hydrogen) atoms. The van der Waals surface area contributed by atoms with Crippen LogP contribution in [0, 0.1) is 6.92 Å². The lowest BCUT2D eigenvalue weighted by molar-refractivity contribution is -0.139. The number of carboxylic acids is 1. The summed E-state index contributed by atoms with van der Waals surface area (Å²) in [5, 5.41) is 9.22. The fourth-order valence-corrected chi connectivity index (χ4v) is 1.77. The summed E-state index contributed by atoms with van der Waals surface area (Å²) >= 11 is 0. The molecule has 0 saturated heterocycles. The second-order valence-corrected chi connectivity index (χ2v) is 4.21. The average molecular weight is 236 g/mol. The van der Waals surface area contributed by atoms with Crippen molar-refractivity contribution in [2.45, 2.75) is 32.6 Å². The number of aryl methyl sites for hydroxylation is 1. The quantitative estimate of drug-likeness (QED) is 0.740. The van der Waals surface area contributed by atoms with Crippen molar-refractivity contribution < 1.29 is 14.6 Å². The molecule has 3 heteroatoms. The Bertz CT molecular complexity index is 360. The zero-order valence-electron chi connectivity index (χ0n) is 10.5. The highest BCUT2D eigenvalue weighted by atomic mass is 16.5. The summed E-state index contributed by atoms with van der Waals surface area (Å²) in [7, 11) is 0. The number of benzene rings is 1. The van der Waals surface area contributed by atoms with Gasteiger partial charge in [-0.1, -0.05) is 36.8 Å². The van der Waals surface area contributed by atoms with Crippen LogP contribution >= 0.6 is 0 Å². The summed E-state index contributed by atoms with van der Waals surface area (Å²) in [6.07, 6.45) is 1.49. The Morgan fingerprint density at radius 2 is 2.18 bits per heavy atom. The molecule has 0 aliphatic rings. The minimum absolute atomic E-state index is 0.466. The van der Waals surface area contributed by atoms with E-state index in [2.05, 4.69) is 0 Å². The van der Waals surface area contributed by atoms with Gasteiger partial charge in [0.25, 0.3) is 0 Å². The molecule has 1 atom stereocenters. The minimum atomic E-state index is -0.782. The molecule has 0 amide bonds. The second-order valence-electron chi connectivity index (χ2n) is 4.21. The first-order valence-corrected chi connectivity index (χ1v) is 6.02. The maximum atomic E-state index is 11.2. The summed E-state index contributed by atoms with van der Waals surface area (Å²) in [6, 6.07) is 7.66. The van der Waals surface area contributed by atoms with Gasteiger partial charge in [0.15, 0.2) is 0 Å². The third-order valence-corrected chi connectivity index (χ3v) is 2.64. The molecule has 0 fully saturated rings. The summed E-state index contributed by atoms with van der Waals surface area (Å²) < 4.78 is 5.35. The van der Waals surface area contributed by atoms with Crippen LogP contribution in [0.5, 0.6) is 0 Å². The standard InChI is InChI=1S/C14H20O3/c1-3-8-17-9-7-13(14(15)16)12-6-4-5-11(2)10-12/h4-6,10,13H,3,7-9H2,1-2H3,(H,15,16). The van der Waals surface area contributed by atoms with E-state index in [4.69, 9.17) is 4.74 Å². The lowest BCUT2D eigenvalue weighted by atomic mass is 9.95. The van der Waals surface area contributed by atoms with Crippen molar-refractivity contribution in [3.8, 4) is 0 Å². The minimum Gasteiger partial charge on any atom is -0.481 e. The maximum Gasteiger partial charge on any atom is 0.311 e.